The summed E-state index contributed by atoms with van der Waals surface area (Å²) in [7, 11) is 4.25. The van der Waals surface area contributed by atoms with Gasteiger partial charge in [-0.3, -0.25) is 0 Å². The van der Waals surface area contributed by atoms with Gasteiger partial charge in [-0.15, -0.1) is 0 Å². The van der Waals surface area contributed by atoms with Gasteiger partial charge in [0, 0.05) is 13.2 Å². The SMILES string of the molecule is CN(C)CCCCNCC1CCCO1. The molecule has 0 aromatic heterocycles. The van der Waals surface area contributed by atoms with Gasteiger partial charge in [-0.25, -0.2) is 0 Å². The van der Waals surface area contributed by atoms with Crippen LogP contribution in [0.4, 0.5) is 0 Å². The summed E-state index contributed by atoms with van der Waals surface area (Å²) in [5.74, 6) is 0. The maximum absolute atomic E-state index is 5.53. The molecule has 0 amide bonds. The average molecular weight is 200 g/mol. The molecule has 1 rings (SSSR count). The predicted octanol–water partition coefficient (Wildman–Crippen LogP) is 1.10. The van der Waals surface area contributed by atoms with E-state index in [1.807, 2.05) is 0 Å². The van der Waals surface area contributed by atoms with Gasteiger partial charge < -0.3 is 15.0 Å². The van der Waals surface area contributed by atoms with Crippen LogP contribution in [0.2, 0.25) is 0 Å². The van der Waals surface area contributed by atoms with Gasteiger partial charge in [-0.05, 0) is 52.9 Å². The van der Waals surface area contributed by atoms with E-state index in [2.05, 4.69) is 24.3 Å². The smallest absolute Gasteiger partial charge is 0.0700 e. The van der Waals surface area contributed by atoms with E-state index in [0.717, 1.165) is 19.7 Å². The van der Waals surface area contributed by atoms with Crippen molar-refractivity contribution in [2.24, 2.45) is 0 Å². The van der Waals surface area contributed by atoms with Crippen molar-refractivity contribution < 1.29 is 4.74 Å². The van der Waals surface area contributed by atoms with Crippen LogP contribution in [0.25, 0.3) is 0 Å². The highest BCUT2D eigenvalue weighted by Crippen LogP contribution is 2.10. The molecule has 14 heavy (non-hydrogen) atoms. The van der Waals surface area contributed by atoms with Crippen LogP contribution in [-0.4, -0.2) is 51.3 Å². The summed E-state index contributed by atoms with van der Waals surface area (Å²) in [5.41, 5.74) is 0. The minimum absolute atomic E-state index is 0.490. The molecule has 1 N–H and O–H groups in total. The van der Waals surface area contributed by atoms with E-state index < -0.39 is 0 Å². The fraction of sp³-hybridized carbons (Fsp3) is 1.00. The largest absolute Gasteiger partial charge is 0.377 e. The zero-order valence-corrected chi connectivity index (χ0v) is 9.59. The zero-order valence-electron chi connectivity index (χ0n) is 9.59. The highest BCUT2D eigenvalue weighted by Gasteiger charge is 2.13. The molecule has 0 aromatic rings. The molecule has 1 aliphatic rings. The molecule has 3 nitrogen and oxygen atoms in total. The number of ether oxygens (including phenoxy) is 1. The average Bonchev–Trinajstić information content (AvgIpc) is 2.63. The Morgan fingerprint density at radius 1 is 1.36 bits per heavy atom. The first kappa shape index (κ1) is 12.0. The van der Waals surface area contributed by atoms with Crippen LogP contribution in [0.1, 0.15) is 25.7 Å². The van der Waals surface area contributed by atoms with Gasteiger partial charge in [-0.2, -0.15) is 0 Å². The lowest BCUT2D eigenvalue weighted by atomic mass is 10.2. The van der Waals surface area contributed by atoms with E-state index in [1.54, 1.807) is 0 Å². The summed E-state index contributed by atoms with van der Waals surface area (Å²) < 4.78 is 5.53. The molecule has 3 heteroatoms. The maximum atomic E-state index is 5.53. The molecule has 1 atom stereocenters. The predicted molar refractivity (Wildman–Crippen MR) is 59.6 cm³/mol. The van der Waals surface area contributed by atoms with E-state index in [4.69, 9.17) is 4.74 Å². The second-order valence-corrected chi connectivity index (χ2v) is 4.35. The first-order valence-electron chi connectivity index (χ1n) is 5.76. The van der Waals surface area contributed by atoms with Crippen molar-refractivity contribution in [1.82, 2.24) is 10.2 Å². The number of unbranched alkanes of at least 4 members (excludes halogenated alkanes) is 1. The first-order valence-corrected chi connectivity index (χ1v) is 5.76. The molecule has 0 spiro atoms. The first-order chi connectivity index (χ1) is 6.79. The Labute approximate surface area is 87.8 Å². The lowest BCUT2D eigenvalue weighted by Gasteiger charge is -2.11. The maximum Gasteiger partial charge on any atom is 0.0700 e. The summed E-state index contributed by atoms with van der Waals surface area (Å²) in [6, 6.07) is 0. The van der Waals surface area contributed by atoms with Crippen LogP contribution in [0, 0.1) is 0 Å². The topological polar surface area (TPSA) is 24.5 Å². The zero-order chi connectivity index (χ0) is 10.2. The van der Waals surface area contributed by atoms with Crippen molar-refractivity contribution in [2.75, 3.05) is 40.3 Å². The fourth-order valence-electron chi connectivity index (χ4n) is 1.75. The molecule has 1 heterocycles. The molecule has 0 aromatic carbocycles. The van der Waals surface area contributed by atoms with E-state index in [9.17, 15) is 0 Å². The van der Waals surface area contributed by atoms with Gasteiger partial charge in [-0.1, -0.05) is 0 Å². The van der Waals surface area contributed by atoms with Crippen LogP contribution in [0.15, 0.2) is 0 Å². The summed E-state index contributed by atoms with van der Waals surface area (Å²) in [6.45, 7) is 4.34. The van der Waals surface area contributed by atoms with Crippen molar-refractivity contribution in [2.45, 2.75) is 31.8 Å². The number of hydrogen-bond donors (Lipinski definition) is 1. The van der Waals surface area contributed by atoms with Crippen molar-refractivity contribution in [3.63, 3.8) is 0 Å². The van der Waals surface area contributed by atoms with Crippen LogP contribution in [0.5, 0.6) is 0 Å². The van der Waals surface area contributed by atoms with Gasteiger partial charge >= 0.3 is 0 Å². The van der Waals surface area contributed by atoms with Crippen molar-refractivity contribution in [3.8, 4) is 0 Å². The minimum Gasteiger partial charge on any atom is -0.377 e. The lowest BCUT2D eigenvalue weighted by molar-refractivity contribution is 0.110. The Morgan fingerprint density at radius 3 is 2.86 bits per heavy atom. The second kappa shape index (κ2) is 7.21. The van der Waals surface area contributed by atoms with Gasteiger partial charge in [0.25, 0.3) is 0 Å². The van der Waals surface area contributed by atoms with Gasteiger partial charge in [0.2, 0.25) is 0 Å². The summed E-state index contributed by atoms with van der Waals surface area (Å²) >= 11 is 0. The summed E-state index contributed by atoms with van der Waals surface area (Å²) in [6.07, 6.45) is 5.53. The highest BCUT2D eigenvalue weighted by atomic mass is 16.5. The molecule has 1 aliphatic heterocycles. The number of nitrogens with zero attached hydrogens (tertiary/aromatic N) is 1. The van der Waals surface area contributed by atoms with Crippen molar-refractivity contribution in [3.05, 3.63) is 0 Å². The Hall–Kier alpha value is -0.120. The second-order valence-electron chi connectivity index (χ2n) is 4.35. The molecular weight excluding hydrogens is 176 g/mol. The molecule has 0 aliphatic carbocycles. The number of nitrogens with one attached hydrogen (secondary N) is 1. The van der Waals surface area contributed by atoms with Crippen LogP contribution < -0.4 is 5.32 Å². The van der Waals surface area contributed by atoms with E-state index in [0.29, 0.717) is 6.10 Å². The Morgan fingerprint density at radius 2 is 2.21 bits per heavy atom. The molecular formula is C11H24N2O. The highest BCUT2D eigenvalue weighted by molar-refractivity contribution is 4.67. The molecule has 0 saturated carbocycles. The van der Waals surface area contributed by atoms with E-state index in [1.165, 1.54) is 32.2 Å². The molecule has 0 bridgehead atoms. The fourth-order valence-corrected chi connectivity index (χ4v) is 1.75. The lowest BCUT2D eigenvalue weighted by Crippen LogP contribution is -2.27. The summed E-state index contributed by atoms with van der Waals surface area (Å²) in [4.78, 5) is 2.24. The molecule has 1 unspecified atom stereocenters. The van der Waals surface area contributed by atoms with Crippen LogP contribution >= 0.6 is 0 Å². The molecule has 1 fully saturated rings. The third kappa shape index (κ3) is 5.58. The van der Waals surface area contributed by atoms with Gasteiger partial charge in [0.1, 0.15) is 0 Å². The Kier molecular flexibility index (Phi) is 6.15. The van der Waals surface area contributed by atoms with E-state index >= 15 is 0 Å². The molecule has 0 radical (unpaired) electrons. The monoisotopic (exact) mass is 200 g/mol. The Balaban J connectivity index is 1.79. The molecule has 1 saturated heterocycles. The quantitative estimate of drug-likeness (QED) is 0.623. The third-order valence-electron chi connectivity index (χ3n) is 2.60. The Bertz CT molecular complexity index is 133. The van der Waals surface area contributed by atoms with E-state index in [-0.39, 0.29) is 0 Å². The number of rotatable bonds is 7. The van der Waals surface area contributed by atoms with Crippen LogP contribution in [0.3, 0.4) is 0 Å². The van der Waals surface area contributed by atoms with Crippen molar-refractivity contribution >= 4 is 0 Å². The third-order valence-corrected chi connectivity index (χ3v) is 2.60. The molecule has 84 valence electrons. The standard InChI is InChI=1S/C11H24N2O/c1-13(2)8-4-3-7-12-10-11-6-5-9-14-11/h11-12H,3-10H2,1-2H3. The minimum atomic E-state index is 0.490. The van der Waals surface area contributed by atoms with Crippen LogP contribution in [-0.2, 0) is 4.74 Å². The normalized spacial score (nSPS) is 22.1. The van der Waals surface area contributed by atoms with Gasteiger partial charge in [0.15, 0.2) is 0 Å². The summed E-state index contributed by atoms with van der Waals surface area (Å²) in [5, 5.41) is 3.46. The number of hydrogen-bond acceptors (Lipinski definition) is 3. The van der Waals surface area contributed by atoms with Gasteiger partial charge in [0.05, 0.1) is 6.10 Å². The van der Waals surface area contributed by atoms with Crippen molar-refractivity contribution in [1.29, 1.82) is 0 Å².